The lowest BCUT2D eigenvalue weighted by Crippen LogP contribution is -2.30. The topological polar surface area (TPSA) is 56.1 Å². The predicted molar refractivity (Wildman–Crippen MR) is 142 cm³/mol. The van der Waals surface area contributed by atoms with Gasteiger partial charge < -0.3 is 14.6 Å². The van der Waals surface area contributed by atoms with Crippen LogP contribution >= 0.6 is 11.6 Å². The van der Waals surface area contributed by atoms with Crippen LogP contribution in [0.5, 0.6) is 5.75 Å². The summed E-state index contributed by atoms with van der Waals surface area (Å²) < 4.78 is 8.17. The highest BCUT2D eigenvalue weighted by Gasteiger charge is 2.18. The number of carbonyl (C=O) groups is 1. The molecule has 1 N–H and O–H groups in total. The van der Waals surface area contributed by atoms with Crippen LogP contribution in [0, 0.1) is 13.8 Å². The van der Waals surface area contributed by atoms with E-state index in [4.69, 9.17) is 21.3 Å². The number of unbranched alkanes of at least 4 members (excludes halogenated alkanes) is 1. The number of fused-ring (bicyclic) bond motifs is 1. The molecular formula is C29H32ClN3O2. The first-order valence-corrected chi connectivity index (χ1v) is 12.5. The molecule has 0 bridgehead atoms. The van der Waals surface area contributed by atoms with Crippen molar-refractivity contribution in [1.29, 1.82) is 0 Å². The van der Waals surface area contributed by atoms with E-state index >= 15 is 0 Å². The maximum atomic E-state index is 12.7. The molecule has 3 aromatic carbocycles. The number of aromatic nitrogens is 2. The summed E-state index contributed by atoms with van der Waals surface area (Å²) in [6.07, 6.45) is 2.18. The highest BCUT2D eigenvalue weighted by Crippen LogP contribution is 2.22. The zero-order valence-corrected chi connectivity index (χ0v) is 21.3. The van der Waals surface area contributed by atoms with Crippen molar-refractivity contribution in [2.45, 2.75) is 52.6 Å². The molecule has 1 unspecified atom stereocenters. The van der Waals surface area contributed by atoms with Crippen molar-refractivity contribution in [2.75, 3.05) is 6.61 Å². The monoisotopic (exact) mass is 489 g/mol. The Morgan fingerprint density at radius 1 is 1.03 bits per heavy atom. The van der Waals surface area contributed by atoms with Gasteiger partial charge in [0.1, 0.15) is 11.6 Å². The zero-order valence-electron chi connectivity index (χ0n) is 20.6. The summed E-state index contributed by atoms with van der Waals surface area (Å²) in [5.74, 6) is 1.74. The van der Waals surface area contributed by atoms with E-state index < -0.39 is 0 Å². The van der Waals surface area contributed by atoms with Gasteiger partial charge in [-0.1, -0.05) is 41.9 Å². The smallest absolute Gasteiger partial charge is 0.224 e. The molecule has 5 nitrogen and oxygen atoms in total. The first-order chi connectivity index (χ1) is 16.9. The minimum absolute atomic E-state index is 0.0415. The Labute approximate surface area is 212 Å². The molecule has 4 aromatic rings. The Kier molecular flexibility index (Phi) is 8.09. The van der Waals surface area contributed by atoms with Gasteiger partial charge in [0.2, 0.25) is 5.91 Å². The highest BCUT2D eigenvalue weighted by atomic mass is 35.5. The Morgan fingerprint density at radius 3 is 2.57 bits per heavy atom. The molecule has 35 heavy (non-hydrogen) atoms. The summed E-state index contributed by atoms with van der Waals surface area (Å²) in [5.41, 5.74) is 5.45. The zero-order chi connectivity index (χ0) is 24.8. The molecule has 0 aliphatic heterocycles. The Hall–Kier alpha value is -3.31. The summed E-state index contributed by atoms with van der Waals surface area (Å²) in [6, 6.07) is 21.5. The van der Waals surface area contributed by atoms with E-state index in [2.05, 4.69) is 41.9 Å². The molecule has 0 fully saturated rings. The van der Waals surface area contributed by atoms with Crippen LogP contribution < -0.4 is 10.1 Å². The summed E-state index contributed by atoms with van der Waals surface area (Å²) in [5, 5.41) is 3.78. The number of benzene rings is 3. The number of amides is 1. The van der Waals surface area contributed by atoms with Crippen molar-refractivity contribution >= 4 is 28.5 Å². The van der Waals surface area contributed by atoms with E-state index in [1.165, 1.54) is 11.1 Å². The minimum Gasteiger partial charge on any atom is -0.494 e. The maximum Gasteiger partial charge on any atom is 0.224 e. The fourth-order valence-corrected chi connectivity index (χ4v) is 4.30. The Bertz CT molecular complexity index is 1300. The number of rotatable bonds is 10. The second kappa shape index (κ2) is 11.4. The van der Waals surface area contributed by atoms with Crippen LogP contribution in [0.1, 0.15) is 48.3 Å². The van der Waals surface area contributed by atoms with Gasteiger partial charge in [0.25, 0.3) is 0 Å². The number of hydrogen-bond donors (Lipinski definition) is 1. The average Bonchev–Trinajstić information content (AvgIpc) is 3.21. The first kappa shape index (κ1) is 24.8. The molecule has 0 aliphatic rings. The van der Waals surface area contributed by atoms with E-state index in [-0.39, 0.29) is 11.9 Å². The van der Waals surface area contributed by atoms with Gasteiger partial charge in [-0.05, 0) is 86.7 Å². The van der Waals surface area contributed by atoms with E-state index in [9.17, 15) is 4.79 Å². The molecule has 0 aliphatic carbocycles. The van der Waals surface area contributed by atoms with Gasteiger partial charge in [0.05, 0.1) is 30.1 Å². The van der Waals surface area contributed by atoms with Gasteiger partial charge in [-0.15, -0.1) is 0 Å². The van der Waals surface area contributed by atoms with Crippen LogP contribution in [-0.4, -0.2) is 22.1 Å². The molecule has 1 heterocycles. The quantitative estimate of drug-likeness (QED) is 0.256. The third kappa shape index (κ3) is 6.43. The number of aryl methyl sites for hydroxylation is 3. The van der Waals surface area contributed by atoms with Gasteiger partial charge in [-0.2, -0.15) is 0 Å². The van der Waals surface area contributed by atoms with Crippen LogP contribution in [0.2, 0.25) is 5.02 Å². The molecule has 182 valence electrons. The molecule has 1 amide bonds. The SMILES string of the molecule is Cc1ccc(OCCCCn2c(C(C)NC(=O)Cc3ccc(Cl)cc3)nc3ccccc32)cc1C. The molecule has 0 saturated carbocycles. The standard InChI is InChI=1S/C29H32ClN3O2/c1-20-10-15-25(18-21(20)2)35-17-7-6-16-33-27-9-5-4-8-26(27)32-29(33)22(3)31-28(34)19-23-11-13-24(30)14-12-23/h4-5,8-15,18,22H,6-7,16-17,19H2,1-3H3,(H,31,34). The number of ether oxygens (including phenoxy) is 1. The average molecular weight is 490 g/mol. The molecule has 1 aromatic heterocycles. The van der Waals surface area contributed by atoms with Crippen molar-refractivity contribution < 1.29 is 9.53 Å². The third-order valence-corrected chi connectivity index (χ3v) is 6.50. The molecule has 0 radical (unpaired) electrons. The Balaban J connectivity index is 1.38. The largest absolute Gasteiger partial charge is 0.494 e. The van der Waals surface area contributed by atoms with Crippen molar-refractivity contribution in [2.24, 2.45) is 0 Å². The summed E-state index contributed by atoms with van der Waals surface area (Å²) in [6.45, 7) is 7.66. The molecule has 0 spiro atoms. The number of hydrogen-bond acceptors (Lipinski definition) is 3. The highest BCUT2D eigenvalue weighted by molar-refractivity contribution is 6.30. The van der Waals surface area contributed by atoms with Crippen LogP contribution in [0.25, 0.3) is 11.0 Å². The van der Waals surface area contributed by atoms with E-state index in [1.807, 2.05) is 43.3 Å². The lowest BCUT2D eigenvalue weighted by Gasteiger charge is -2.17. The minimum atomic E-state index is -0.214. The van der Waals surface area contributed by atoms with Crippen LogP contribution in [0.15, 0.2) is 66.7 Å². The van der Waals surface area contributed by atoms with E-state index in [0.29, 0.717) is 18.1 Å². The van der Waals surface area contributed by atoms with Gasteiger partial charge >= 0.3 is 0 Å². The molecule has 4 rings (SSSR count). The lowest BCUT2D eigenvalue weighted by atomic mass is 10.1. The second-order valence-corrected chi connectivity index (χ2v) is 9.44. The fraction of sp³-hybridized carbons (Fsp3) is 0.310. The number of carbonyl (C=O) groups excluding carboxylic acids is 1. The molecule has 1 atom stereocenters. The summed E-state index contributed by atoms with van der Waals surface area (Å²) >= 11 is 5.95. The van der Waals surface area contributed by atoms with Crippen molar-refractivity contribution in [1.82, 2.24) is 14.9 Å². The van der Waals surface area contributed by atoms with E-state index in [1.54, 1.807) is 12.1 Å². The number of imidazole rings is 1. The van der Waals surface area contributed by atoms with Crippen LogP contribution in [0.3, 0.4) is 0 Å². The number of halogens is 1. The third-order valence-electron chi connectivity index (χ3n) is 6.25. The van der Waals surface area contributed by atoms with Gasteiger partial charge in [-0.25, -0.2) is 4.98 Å². The van der Waals surface area contributed by atoms with Crippen molar-refractivity contribution in [3.05, 3.63) is 94.3 Å². The van der Waals surface area contributed by atoms with E-state index in [0.717, 1.165) is 47.6 Å². The molecule has 0 saturated heterocycles. The first-order valence-electron chi connectivity index (χ1n) is 12.1. The number of nitrogens with zero attached hydrogens (tertiary/aromatic N) is 2. The summed E-state index contributed by atoms with van der Waals surface area (Å²) in [7, 11) is 0. The van der Waals surface area contributed by atoms with Crippen LogP contribution in [-0.2, 0) is 17.8 Å². The number of nitrogens with one attached hydrogen (secondary N) is 1. The molecule has 6 heteroatoms. The van der Waals surface area contributed by atoms with Gasteiger partial charge in [0.15, 0.2) is 0 Å². The lowest BCUT2D eigenvalue weighted by molar-refractivity contribution is -0.121. The Morgan fingerprint density at radius 2 is 1.80 bits per heavy atom. The normalized spacial score (nSPS) is 12.0. The van der Waals surface area contributed by atoms with Gasteiger partial charge in [-0.3, -0.25) is 4.79 Å². The molecular weight excluding hydrogens is 458 g/mol. The number of para-hydroxylation sites is 2. The van der Waals surface area contributed by atoms with Crippen LogP contribution in [0.4, 0.5) is 0 Å². The summed E-state index contributed by atoms with van der Waals surface area (Å²) in [4.78, 5) is 17.5. The van der Waals surface area contributed by atoms with Crippen molar-refractivity contribution in [3.8, 4) is 5.75 Å². The van der Waals surface area contributed by atoms with Gasteiger partial charge in [0, 0.05) is 11.6 Å². The van der Waals surface area contributed by atoms with Crippen molar-refractivity contribution in [3.63, 3.8) is 0 Å². The second-order valence-electron chi connectivity index (χ2n) is 9.00. The predicted octanol–water partition coefficient (Wildman–Crippen LogP) is 6.59. The maximum absolute atomic E-state index is 12.7. The fourth-order valence-electron chi connectivity index (χ4n) is 4.17.